The second kappa shape index (κ2) is 7.18. The van der Waals surface area contributed by atoms with E-state index < -0.39 is 4.92 Å². The van der Waals surface area contributed by atoms with E-state index in [1.54, 1.807) is 6.92 Å². The van der Waals surface area contributed by atoms with Crippen LogP contribution >= 0.6 is 0 Å². The Bertz CT molecular complexity index is 937. The Hall–Kier alpha value is -3.48. The van der Waals surface area contributed by atoms with Crippen molar-refractivity contribution < 1.29 is 4.92 Å². The molecule has 7 nitrogen and oxygen atoms in total. The first-order valence-electron chi connectivity index (χ1n) is 8.13. The smallest absolute Gasteiger partial charge is 0.332 e. The zero-order valence-electron chi connectivity index (χ0n) is 14.8. The van der Waals surface area contributed by atoms with Crippen molar-refractivity contribution in [1.29, 1.82) is 0 Å². The molecule has 0 unspecified atom stereocenters. The molecule has 3 aromatic rings. The van der Waals surface area contributed by atoms with Gasteiger partial charge < -0.3 is 10.6 Å². The summed E-state index contributed by atoms with van der Waals surface area (Å²) in [6, 6.07) is 15.3. The van der Waals surface area contributed by atoms with Crippen LogP contribution in [0, 0.1) is 30.9 Å². The molecule has 2 N–H and O–H groups in total. The van der Waals surface area contributed by atoms with Gasteiger partial charge in [0.2, 0.25) is 11.8 Å². The first-order valence-corrected chi connectivity index (χ1v) is 8.13. The van der Waals surface area contributed by atoms with Gasteiger partial charge in [0.05, 0.1) is 4.92 Å². The van der Waals surface area contributed by atoms with E-state index in [1.165, 1.54) is 0 Å². The molecule has 132 valence electrons. The lowest BCUT2D eigenvalue weighted by molar-refractivity contribution is -0.385. The van der Waals surface area contributed by atoms with Gasteiger partial charge in [-0.25, -0.2) is 4.98 Å². The predicted molar refractivity (Wildman–Crippen MR) is 102 cm³/mol. The molecular formula is C19H19N5O2. The quantitative estimate of drug-likeness (QED) is 0.508. The maximum absolute atomic E-state index is 11.5. The molecule has 0 saturated heterocycles. The van der Waals surface area contributed by atoms with Crippen LogP contribution in [0.1, 0.15) is 16.8 Å². The van der Waals surface area contributed by atoms with Gasteiger partial charge in [-0.15, -0.1) is 0 Å². The van der Waals surface area contributed by atoms with Crippen LogP contribution in [0.5, 0.6) is 0 Å². The average Bonchev–Trinajstić information content (AvgIpc) is 2.58. The van der Waals surface area contributed by atoms with Gasteiger partial charge in [-0.3, -0.25) is 10.1 Å². The van der Waals surface area contributed by atoms with Crippen LogP contribution in [-0.2, 0) is 0 Å². The Morgan fingerprint density at radius 2 is 1.31 bits per heavy atom. The third-order valence-electron chi connectivity index (χ3n) is 3.86. The number of nitrogens with one attached hydrogen (secondary N) is 2. The molecule has 1 heterocycles. The van der Waals surface area contributed by atoms with Gasteiger partial charge in [0, 0.05) is 11.4 Å². The summed E-state index contributed by atoms with van der Waals surface area (Å²) in [6.45, 7) is 5.57. The van der Waals surface area contributed by atoms with Crippen molar-refractivity contribution in [2.45, 2.75) is 20.8 Å². The highest BCUT2D eigenvalue weighted by Gasteiger charge is 2.22. The normalized spacial score (nSPS) is 10.4. The number of rotatable bonds is 5. The number of anilines is 4. The highest BCUT2D eigenvalue weighted by Crippen LogP contribution is 2.30. The van der Waals surface area contributed by atoms with Crippen molar-refractivity contribution in [2.75, 3.05) is 10.6 Å². The minimum Gasteiger partial charge on any atom is -0.334 e. The lowest BCUT2D eigenvalue weighted by Crippen LogP contribution is -2.07. The molecular weight excluding hydrogens is 330 g/mol. The standard InChI is InChI=1S/C19H19N5O2/c1-12-4-8-15(9-5-12)21-18-17(24(25)26)14(3)20-19(23-18)22-16-10-6-13(2)7-11-16/h4-11H,1-3H3,(H2,20,21,22,23). The monoisotopic (exact) mass is 349 g/mol. The Labute approximate surface area is 151 Å². The zero-order chi connectivity index (χ0) is 18.7. The van der Waals surface area contributed by atoms with Crippen molar-refractivity contribution in [1.82, 2.24) is 9.97 Å². The fourth-order valence-corrected chi connectivity index (χ4v) is 2.47. The molecule has 0 radical (unpaired) electrons. The lowest BCUT2D eigenvalue weighted by Gasteiger charge is -2.11. The number of aromatic nitrogens is 2. The fraction of sp³-hybridized carbons (Fsp3) is 0.158. The summed E-state index contributed by atoms with van der Waals surface area (Å²) in [7, 11) is 0. The summed E-state index contributed by atoms with van der Waals surface area (Å²) in [5.41, 5.74) is 3.92. The van der Waals surface area contributed by atoms with E-state index in [4.69, 9.17) is 0 Å². The number of benzene rings is 2. The Morgan fingerprint density at radius 3 is 1.81 bits per heavy atom. The topological polar surface area (TPSA) is 93.0 Å². The van der Waals surface area contributed by atoms with Crippen LogP contribution in [0.15, 0.2) is 48.5 Å². The summed E-state index contributed by atoms with van der Waals surface area (Å²) in [5.74, 6) is 0.451. The van der Waals surface area contributed by atoms with Crippen LogP contribution < -0.4 is 10.6 Å². The van der Waals surface area contributed by atoms with Crippen LogP contribution in [0.4, 0.5) is 28.8 Å². The van der Waals surface area contributed by atoms with Gasteiger partial charge in [0.1, 0.15) is 5.69 Å². The molecule has 26 heavy (non-hydrogen) atoms. The Morgan fingerprint density at radius 1 is 0.808 bits per heavy atom. The Balaban J connectivity index is 1.97. The lowest BCUT2D eigenvalue weighted by atomic mass is 10.2. The highest BCUT2D eigenvalue weighted by molar-refractivity contribution is 5.69. The number of hydrogen-bond acceptors (Lipinski definition) is 6. The number of nitro groups is 1. The van der Waals surface area contributed by atoms with Crippen molar-refractivity contribution in [2.24, 2.45) is 0 Å². The molecule has 0 fully saturated rings. The SMILES string of the molecule is Cc1ccc(Nc2nc(C)c([N+](=O)[O-])c(Nc3ccc(C)cc3)n2)cc1. The van der Waals surface area contributed by atoms with E-state index >= 15 is 0 Å². The minimum absolute atomic E-state index is 0.139. The molecule has 0 aliphatic heterocycles. The third-order valence-corrected chi connectivity index (χ3v) is 3.86. The molecule has 7 heteroatoms. The van der Waals surface area contributed by atoms with Crippen LogP contribution in [0.25, 0.3) is 0 Å². The highest BCUT2D eigenvalue weighted by atomic mass is 16.6. The predicted octanol–water partition coefficient (Wildman–Crippen LogP) is 4.80. The molecule has 3 rings (SSSR count). The molecule has 0 bridgehead atoms. The van der Waals surface area contributed by atoms with Gasteiger partial charge in [0.15, 0.2) is 0 Å². The van der Waals surface area contributed by atoms with E-state index in [2.05, 4.69) is 20.6 Å². The van der Waals surface area contributed by atoms with E-state index in [9.17, 15) is 10.1 Å². The second-order valence-corrected chi connectivity index (χ2v) is 6.07. The number of aryl methyl sites for hydroxylation is 3. The van der Waals surface area contributed by atoms with Crippen molar-refractivity contribution in [3.63, 3.8) is 0 Å². The van der Waals surface area contributed by atoms with E-state index in [0.29, 0.717) is 5.95 Å². The van der Waals surface area contributed by atoms with Crippen LogP contribution in [0.2, 0.25) is 0 Å². The minimum atomic E-state index is -0.471. The summed E-state index contributed by atoms with van der Waals surface area (Å²) >= 11 is 0. The summed E-state index contributed by atoms with van der Waals surface area (Å²) in [6.07, 6.45) is 0. The second-order valence-electron chi connectivity index (χ2n) is 6.07. The van der Waals surface area contributed by atoms with Crippen molar-refractivity contribution >= 4 is 28.8 Å². The van der Waals surface area contributed by atoms with Crippen molar-refractivity contribution in [3.05, 3.63) is 75.5 Å². The summed E-state index contributed by atoms with van der Waals surface area (Å²) in [4.78, 5) is 19.5. The van der Waals surface area contributed by atoms with Crippen molar-refractivity contribution in [3.8, 4) is 0 Å². The van der Waals surface area contributed by atoms with E-state index in [0.717, 1.165) is 22.5 Å². The van der Waals surface area contributed by atoms with Crippen LogP contribution in [-0.4, -0.2) is 14.9 Å². The van der Waals surface area contributed by atoms with Gasteiger partial charge >= 0.3 is 5.69 Å². The number of hydrogen-bond donors (Lipinski definition) is 2. The van der Waals surface area contributed by atoms with E-state index in [-0.39, 0.29) is 17.2 Å². The molecule has 0 spiro atoms. The third kappa shape index (κ3) is 3.94. The molecule has 1 aromatic heterocycles. The first-order chi connectivity index (χ1) is 12.4. The summed E-state index contributed by atoms with van der Waals surface area (Å²) in [5, 5.41) is 17.6. The zero-order valence-corrected chi connectivity index (χ0v) is 14.8. The molecule has 0 aliphatic rings. The van der Waals surface area contributed by atoms with Gasteiger partial charge in [-0.05, 0) is 45.0 Å². The first kappa shape index (κ1) is 17.3. The molecule has 2 aromatic carbocycles. The maximum atomic E-state index is 11.5. The largest absolute Gasteiger partial charge is 0.334 e. The number of nitrogens with zero attached hydrogens (tertiary/aromatic N) is 3. The molecule has 0 atom stereocenters. The van der Waals surface area contributed by atoms with E-state index in [1.807, 2.05) is 62.4 Å². The fourth-order valence-electron chi connectivity index (χ4n) is 2.47. The average molecular weight is 349 g/mol. The van der Waals surface area contributed by atoms with Gasteiger partial charge in [-0.1, -0.05) is 35.4 Å². The van der Waals surface area contributed by atoms with Gasteiger partial charge in [-0.2, -0.15) is 4.98 Å². The molecule has 0 amide bonds. The molecule has 0 aliphatic carbocycles. The Kier molecular flexibility index (Phi) is 4.79. The maximum Gasteiger partial charge on any atom is 0.332 e. The summed E-state index contributed by atoms with van der Waals surface area (Å²) < 4.78 is 0. The molecule has 0 saturated carbocycles. The van der Waals surface area contributed by atoms with Gasteiger partial charge in [0.25, 0.3) is 0 Å². The van der Waals surface area contributed by atoms with Crippen LogP contribution in [0.3, 0.4) is 0 Å².